The van der Waals surface area contributed by atoms with Crippen molar-refractivity contribution in [2.75, 3.05) is 36.6 Å². The summed E-state index contributed by atoms with van der Waals surface area (Å²) in [4.78, 5) is 23.9. The second-order valence-electron chi connectivity index (χ2n) is 4.57. The molecule has 1 aliphatic rings. The molecule has 1 fully saturated rings. The minimum absolute atomic E-state index is 0.0265. The summed E-state index contributed by atoms with van der Waals surface area (Å²) in [6.45, 7) is 0.173. The molecule has 2 unspecified atom stereocenters. The van der Waals surface area contributed by atoms with Gasteiger partial charge in [-0.3, -0.25) is 9.00 Å². The second-order valence-corrected chi connectivity index (χ2v) is 8.35. The number of nitrogens with zero attached hydrogens (tertiary/aromatic N) is 1. The zero-order valence-corrected chi connectivity index (χ0v) is 12.7. The third-order valence-corrected chi connectivity index (χ3v) is 5.34. The van der Waals surface area contributed by atoms with E-state index < -0.39 is 45.1 Å². The van der Waals surface area contributed by atoms with Crippen molar-refractivity contribution in [1.82, 2.24) is 10.2 Å². The van der Waals surface area contributed by atoms with E-state index in [4.69, 9.17) is 5.11 Å². The first-order chi connectivity index (χ1) is 9.21. The monoisotopic (exact) mass is 326 g/mol. The van der Waals surface area contributed by atoms with Gasteiger partial charge in [-0.15, -0.1) is 0 Å². The number of carbonyl (C=O) groups excluding carboxylic acids is 1. The molecule has 8 nitrogen and oxygen atoms in total. The SMILES string of the molecule is CS(=O)CCNC(=O)N1CCS(=O)(=O)CC1CC(=O)O. The molecule has 1 rings (SSSR count). The highest BCUT2D eigenvalue weighted by molar-refractivity contribution is 7.91. The van der Waals surface area contributed by atoms with Gasteiger partial charge in [0.1, 0.15) is 0 Å². The summed E-state index contributed by atoms with van der Waals surface area (Å²) in [6, 6.07) is -1.38. The van der Waals surface area contributed by atoms with Crippen molar-refractivity contribution in [3.8, 4) is 0 Å². The van der Waals surface area contributed by atoms with E-state index in [1.165, 1.54) is 11.2 Å². The summed E-state index contributed by atoms with van der Waals surface area (Å²) in [5, 5.41) is 11.3. The standard InChI is InChI=1S/C10H18N2O6S2/c1-19(16)4-2-11-10(15)12-3-5-20(17,18)7-8(12)6-9(13)14/h8H,2-7H2,1H3,(H,11,15)(H,13,14). The molecule has 0 aromatic rings. The summed E-state index contributed by atoms with van der Waals surface area (Å²) in [5.74, 6) is -1.37. The number of carboxylic acids is 1. The molecule has 10 heteroatoms. The number of nitrogens with one attached hydrogen (secondary N) is 1. The predicted molar refractivity (Wildman–Crippen MR) is 73.7 cm³/mol. The summed E-state index contributed by atoms with van der Waals surface area (Å²) in [6.07, 6.45) is 1.10. The van der Waals surface area contributed by atoms with E-state index in [2.05, 4.69) is 5.32 Å². The van der Waals surface area contributed by atoms with E-state index >= 15 is 0 Å². The lowest BCUT2D eigenvalue weighted by Crippen LogP contribution is -2.55. The van der Waals surface area contributed by atoms with E-state index in [0.717, 1.165) is 0 Å². The van der Waals surface area contributed by atoms with Gasteiger partial charge in [-0.1, -0.05) is 0 Å². The van der Waals surface area contributed by atoms with Crippen molar-refractivity contribution in [2.45, 2.75) is 12.5 Å². The maximum Gasteiger partial charge on any atom is 0.317 e. The van der Waals surface area contributed by atoms with Crippen LogP contribution in [0.4, 0.5) is 4.79 Å². The zero-order chi connectivity index (χ0) is 15.3. The Bertz CT molecular complexity index is 504. The lowest BCUT2D eigenvalue weighted by molar-refractivity contribution is -0.138. The topological polar surface area (TPSA) is 121 Å². The van der Waals surface area contributed by atoms with Crippen molar-refractivity contribution in [1.29, 1.82) is 0 Å². The molecule has 0 spiro atoms. The Morgan fingerprint density at radius 2 is 2.10 bits per heavy atom. The highest BCUT2D eigenvalue weighted by atomic mass is 32.2. The van der Waals surface area contributed by atoms with Crippen LogP contribution in [0.25, 0.3) is 0 Å². The minimum Gasteiger partial charge on any atom is -0.481 e. The van der Waals surface area contributed by atoms with E-state index in [-0.39, 0.29) is 24.6 Å². The number of carboxylic acid groups (broad SMARTS) is 1. The van der Waals surface area contributed by atoms with Gasteiger partial charge >= 0.3 is 12.0 Å². The fourth-order valence-electron chi connectivity index (χ4n) is 1.93. The number of sulfone groups is 1. The summed E-state index contributed by atoms with van der Waals surface area (Å²) < 4.78 is 33.9. The first-order valence-corrected chi connectivity index (χ1v) is 9.53. The van der Waals surface area contributed by atoms with Crippen LogP contribution in [0, 0.1) is 0 Å². The normalized spacial score (nSPS) is 23.1. The number of urea groups is 1. The Morgan fingerprint density at radius 1 is 1.45 bits per heavy atom. The molecule has 0 aliphatic carbocycles. The fraction of sp³-hybridized carbons (Fsp3) is 0.800. The van der Waals surface area contributed by atoms with Crippen LogP contribution in [0.3, 0.4) is 0 Å². The molecule has 0 saturated carbocycles. The van der Waals surface area contributed by atoms with Crippen LogP contribution in [0.2, 0.25) is 0 Å². The molecular formula is C10H18N2O6S2. The Kier molecular flexibility index (Phi) is 5.93. The average Bonchev–Trinajstić information content (AvgIpc) is 2.26. The van der Waals surface area contributed by atoms with Crippen LogP contribution in [-0.4, -0.2) is 77.3 Å². The van der Waals surface area contributed by atoms with Crippen LogP contribution in [0.15, 0.2) is 0 Å². The van der Waals surface area contributed by atoms with E-state index in [9.17, 15) is 22.2 Å². The average molecular weight is 326 g/mol. The molecule has 0 radical (unpaired) electrons. The molecule has 20 heavy (non-hydrogen) atoms. The quantitative estimate of drug-likeness (QED) is 0.644. The number of carbonyl (C=O) groups is 2. The zero-order valence-electron chi connectivity index (χ0n) is 11.1. The number of hydrogen-bond donors (Lipinski definition) is 2. The van der Waals surface area contributed by atoms with Gasteiger partial charge in [0, 0.05) is 35.9 Å². The van der Waals surface area contributed by atoms with Crippen LogP contribution in [0.1, 0.15) is 6.42 Å². The van der Waals surface area contributed by atoms with Gasteiger partial charge in [0.05, 0.1) is 24.0 Å². The number of amides is 2. The van der Waals surface area contributed by atoms with E-state index in [0.29, 0.717) is 5.75 Å². The van der Waals surface area contributed by atoms with Crippen LogP contribution in [0.5, 0.6) is 0 Å². The largest absolute Gasteiger partial charge is 0.481 e. The summed E-state index contributed by atoms with van der Waals surface area (Å²) in [7, 11) is -4.35. The lowest BCUT2D eigenvalue weighted by atomic mass is 10.2. The second kappa shape index (κ2) is 7.02. The fourth-order valence-corrected chi connectivity index (χ4v) is 3.84. The maximum absolute atomic E-state index is 11.9. The van der Waals surface area contributed by atoms with Crippen molar-refractivity contribution in [3.05, 3.63) is 0 Å². The smallest absolute Gasteiger partial charge is 0.317 e. The first kappa shape index (κ1) is 16.9. The molecule has 2 N–H and O–H groups in total. The highest BCUT2D eigenvalue weighted by Crippen LogP contribution is 2.15. The first-order valence-electron chi connectivity index (χ1n) is 5.98. The Balaban J connectivity index is 2.67. The third kappa shape index (κ3) is 5.45. The minimum atomic E-state index is -3.31. The summed E-state index contributed by atoms with van der Waals surface area (Å²) >= 11 is 0. The number of hydrogen-bond acceptors (Lipinski definition) is 5. The van der Waals surface area contributed by atoms with Gasteiger partial charge in [-0.2, -0.15) is 0 Å². The lowest BCUT2D eigenvalue weighted by Gasteiger charge is -2.34. The Labute approximate surface area is 119 Å². The highest BCUT2D eigenvalue weighted by Gasteiger charge is 2.35. The molecule has 116 valence electrons. The van der Waals surface area contributed by atoms with Crippen LogP contribution < -0.4 is 5.32 Å². The molecule has 2 atom stereocenters. The van der Waals surface area contributed by atoms with Gasteiger partial charge in [0.2, 0.25) is 0 Å². The molecule has 1 saturated heterocycles. The number of rotatable bonds is 5. The molecule has 1 aliphatic heterocycles. The van der Waals surface area contributed by atoms with E-state index in [1.807, 2.05) is 0 Å². The molecule has 0 aromatic carbocycles. The Morgan fingerprint density at radius 3 is 2.65 bits per heavy atom. The van der Waals surface area contributed by atoms with Gasteiger partial charge in [0.25, 0.3) is 0 Å². The van der Waals surface area contributed by atoms with Gasteiger partial charge in [-0.25, -0.2) is 13.2 Å². The molecule has 0 aromatic heterocycles. The van der Waals surface area contributed by atoms with Crippen LogP contribution in [-0.2, 0) is 25.4 Å². The van der Waals surface area contributed by atoms with Crippen molar-refractivity contribution in [2.24, 2.45) is 0 Å². The summed E-state index contributed by atoms with van der Waals surface area (Å²) in [5.41, 5.74) is 0. The van der Waals surface area contributed by atoms with Crippen molar-refractivity contribution in [3.63, 3.8) is 0 Å². The van der Waals surface area contributed by atoms with E-state index in [1.54, 1.807) is 0 Å². The number of aliphatic carboxylic acids is 1. The van der Waals surface area contributed by atoms with Crippen molar-refractivity contribution >= 4 is 32.6 Å². The molecular weight excluding hydrogens is 308 g/mol. The third-order valence-electron chi connectivity index (χ3n) is 2.87. The van der Waals surface area contributed by atoms with Crippen LogP contribution >= 0.6 is 0 Å². The predicted octanol–water partition coefficient (Wildman–Crippen LogP) is -1.35. The molecule has 0 bridgehead atoms. The van der Waals surface area contributed by atoms with Gasteiger partial charge in [-0.05, 0) is 0 Å². The van der Waals surface area contributed by atoms with Gasteiger partial charge < -0.3 is 15.3 Å². The van der Waals surface area contributed by atoms with Gasteiger partial charge in [0.15, 0.2) is 9.84 Å². The van der Waals surface area contributed by atoms with Crippen molar-refractivity contribution < 1.29 is 27.3 Å². The Hall–Kier alpha value is -1.16. The molecule has 1 heterocycles. The molecule has 2 amide bonds. The maximum atomic E-state index is 11.9.